The van der Waals surface area contributed by atoms with Crippen molar-refractivity contribution in [2.75, 3.05) is 14.2 Å². The van der Waals surface area contributed by atoms with Crippen LogP contribution in [0.4, 0.5) is 0 Å². The summed E-state index contributed by atoms with van der Waals surface area (Å²) in [6.07, 6.45) is 0. The van der Waals surface area contributed by atoms with Gasteiger partial charge in [-0.2, -0.15) is 0 Å². The average Bonchev–Trinajstić information content (AvgIpc) is 2.77. The number of aromatic nitrogens is 1. The van der Waals surface area contributed by atoms with Gasteiger partial charge in [0.05, 0.1) is 20.8 Å². The van der Waals surface area contributed by atoms with Crippen LogP contribution in [0.25, 0.3) is 0 Å². The van der Waals surface area contributed by atoms with Gasteiger partial charge in [0.15, 0.2) is 5.75 Å². The number of rotatable bonds is 9. The third-order valence-corrected chi connectivity index (χ3v) is 4.28. The first-order valence-corrected chi connectivity index (χ1v) is 9.01. The number of nitrogens with one attached hydrogen (secondary N) is 1. The van der Waals surface area contributed by atoms with Crippen molar-refractivity contribution in [3.8, 4) is 23.0 Å². The number of H-pyrrole nitrogens is 1. The number of ether oxygens (including phenoxy) is 4. The van der Waals surface area contributed by atoms with E-state index in [0.717, 1.165) is 22.6 Å². The summed E-state index contributed by atoms with van der Waals surface area (Å²) in [7, 11) is 3.20. The lowest BCUT2D eigenvalue weighted by molar-refractivity contribution is 0.246. The second-order valence-corrected chi connectivity index (χ2v) is 6.25. The fraction of sp³-hybridized carbons (Fsp3) is 0.227. The fourth-order valence-electron chi connectivity index (χ4n) is 2.66. The normalized spacial score (nSPS) is 10.4. The minimum absolute atomic E-state index is 0.0616. The van der Waals surface area contributed by atoms with Gasteiger partial charge >= 0.3 is 0 Å². The van der Waals surface area contributed by atoms with E-state index in [1.54, 1.807) is 20.3 Å². The van der Waals surface area contributed by atoms with Gasteiger partial charge in [-0.1, -0.05) is 24.3 Å². The number of hydrogen-bond donors (Lipinski definition) is 2. The lowest BCUT2D eigenvalue weighted by atomic mass is 10.2. The second kappa shape index (κ2) is 9.66. The van der Waals surface area contributed by atoms with Gasteiger partial charge < -0.3 is 29.0 Å². The van der Waals surface area contributed by atoms with Gasteiger partial charge in [-0.05, 0) is 35.4 Å². The molecular weight excluding hydrogens is 374 g/mol. The van der Waals surface area contributed by atoms with Crippen molar-refractivity contribution in [2.45, 2.75) is 19.8 Å². The molecule has 3 rings (SSSR count). The molecule has 0 radical (unpaired) electrons. The Morgan fingerprint density at radius 1 is 0.828 bits per heavy atom. The molecule has 0 unspecified atom stereocenters. The molecule has 152 valence electrons. The molecule has 0 atom stereocenters. The molecule has 0 aliphatic carbocycles. The third-order valence-electron chi connectivity index (χ3n) is 4.28. The fourth-order valence-corrected chi connectivity index (χ4v) is 2.66. The zero-order valence-electron chi connectivity index (χ0n) is 16.3. The summed E-state index contributed by atoms with van der Waals surface area (Å²) in [5, 5.41) is 9.39. The number of methoxy groups -OCH3 is 2. The van der Waals surface area contributed by atoms with Crippen LogP contribution in [0, 0.1) is 0 Å². The third kappa shape index (κ3) is 5.30. The van der Waals surface area contributed by atoms with Gasteiger partial charge in [0.2, 0.25) is 5.75 Å². The Labute approximate surface area is 168 Å². The Morgan fingerprint density at radius 3 is 1.83 bits per heavy atom. The van der Waals surface area contributed by atoms with Crippen LogP contribution in [0.5, 0.6) is 23.0 Å². The number of aromatic amines is 1. The first-order chi connectivity index (χ1) is 14.1. The van der Waals surface area contributed by atoms with Crippen LogP contribution < -0.4 is 24.5 Å². The number of pyridine rings is 1. The molecule has 7 heteroatoms. The summed E-state index contributed by atoms with van der Waals surface area (Å²) in [5.41, 5.74) is 1.65. The molecule has 0 amide bonds. The van der Waals surface area contributed by atoms with E-state index >= 15 is 0 Å². The molecule has 0 fully saturated rings. The first kappa shape index (κ1) is 20.3. The van der Waals surface area contributed by atoms with Crippen LogP contribution in [0.15, 0.2) is 59.4 Å². The van der Waals surface area contributed by atoms with E-state index in [0.29, 0.717) is 5.69 Å². The highest BCUT2D eigenvalue weighted by Crippen LogP contribution is 2.26. The monoisotopic (exact) mass is 397 g/mol. The molecule has 2 aromatic carbocycles. The van der Waals surface area contributed by atoms with Crippen molar-refractivity contribution < 1.29 is 24.1 Å². The number of aliphatic hydroxyl groups excluding tert-OH is 1. The molecule has 29 heavy (non-hydrogen) atoms. The van der Waals surface area contributed by atoms with Gasteiger partial charge in [0.1, 0.15) is 24.7 Å². The Bertz CT molecular complexity index is 980. The van der Waals surface area contributed by atoms with Crippen LogP contribution in [0.1, 0.15) is 16.8 Å². The Hall–Kier alpha value is -3.45. The molecule has 0 saturated carbocycles. The summed E-state index contributed by atoms with van der Waals surface area (Å²) in [6.45, 7) is 0.106. The molecule has 1 aromatic heterocycles. The predicted octanol–water partition coefficient (Wildman–Crippen LogP) is 3.04. The maximum absolute atomic E-state index is 12.4. The van der Waals surface area contributed by atoms with Crippen molar-refractivity contribution in [2.24, 2.45) is 0 Å². The molecule has 0 aliphatic heterocycles. The first-order valence-electron chi connectivity index (χ1n) is 9.01. The van der Waals surface area contributed by atoms with Crippen LogP contribution in [0.2, 0.25) is 0 Å². The molecule has 0 spiro atoms. The predicted molar refractivity (Wildman–Crippen MR) is 108 cm³/mol. The van der Waals surface area contributed by atoms with E-state index in [-0.39, 0.29) is 31.3 Å². The smallest absolute Gasteiger partial charge is 0.294 e. The molecule has 3 aromatic rings. The van der Waals surface area contributed by atoms with Gasteiger partial charge in [-0.15, -0.1) is 0 Å². The summed E-state index contributed by atoms with van der Waals surface area (Å²) in [4.78, 5) is 15.0. The maximum atomic E-state index is 12.4. The second-order valence-electron chi connectivity index (χ2n) is 6.25. The average molecular weight is 397 g/mol. The molecule has 0 bridgehead atoms. The minimum atomic E-state index is -0.463. The van der Waals surface area contributed by atoms with Gasteiger partial charge in [-0.25, -0.2) is 0 Å². The molecule has 0 aliphatic rings. The molecule has 7 nitrogen and oxygen atoms in total. The highest BCUT2D eigenvalue weighted by atomic mass is 16.5. The van der Waals surface area contributed by atoms with E-state index in [1.807, 2.05) is 48.5 Å². The largest absolute Gasteiger partial charge is 0.497 e. The van der Waals surface area contributed by atoms with Gasteiger partial charge in [-0.3, -0.25) is 4.79 Å². The summed E-state index contributed by atoms with van der Waals surface area (Å²) in [5.74, 6) is 1.81. The molecule has 2 N–H and O–H groups in total. The number of aliphatic hydroxyl groups is 1. The zero-order valence-corrected chi connectivity index (χ0v) is 16.3. The van der Waals surface area contributed by atoms with Crippen molar-refractivity contribution >= 4 is 0 Å². The lowest BCUT2D eigenvalue weighted by Crippen LogP contribution is -2.15. The Balaban J connectivity index is 1.76. The van der Waals surface area contributed by atoms with E-state index in [4.69, 9.17) is 18.9 Å². The zero-order chi connectivity index (χ0) is 20.6. The Morgan fingerprint density at radius 2 is 1.34 bits per heavy atom. The molecule has 1 heterocycles. The lowest BCUT2D eigenvalue weighted by Gasteiger charge is -2.14. The quantitative estimate of drug-likeness (QED) is 0.577. The van der Waals surface area contributed by atoms with Crippen LogP contribution >= 0.6 is 0 Å². The minimum Gasteiger partial charge on any atom is -0.497 e. The molecular formula is C22H23NO6. The van der Waals surface area contributed by atoms with Gasteiger partial charge in [0.25, 0.3) is 5.56 Å². The van der Waals surface area contributed by atoms with Crippen LogP contribution in [-0.2, 0) is 19.8 Å². The SMILES string of the molecule is COc1ccc(COc2cc(CO)[nH]c(=O)c2OCc2ccc(OC)cc2)cc1. The summed E-state index contributed by atoms with van der Waals surface area (Å²) >= 11 is 0. The number of hydrogen-bond acceptors (Lipinski definition) is 6. The van der Waals surface area contributed by atoms with E-state index in [1.165, 1.54) is 0 Å². The summed E-state index contributed by atoms with van der Waals surface area (Å²) < 4.78 is 21.8. The highest BCUT2D eigenvalue weighted by Gasteiger charge is 2.13. The Kier molecular flexibility index (Phi) is 6.76. The van der Waals surface area contributed by atoms with Crippen molar-refractivity contribution in [3.63, 3.8) is 0 Å². The van der Waals surface area contributed by atoms with E-state index in [2.05, 4.69) is 4.98 Å². The van der Waals surface area contributed by atoms with Crippen molar-refractivity contribution in [1.29, 1.82) is 0 Å². The standard InChI is InChI=1S/C22H23NO6/c1-26-18-7-3-15(4-8-18)13-28-20-11-17(12-24)23-22(25)21(20)29-14-16-5-9-19(27-2)10-6-16/h3-11,24H,12-14H2,1-2H3,(H,23,25). The van der Waals surface area contributed by atoms with Crippen LogP contribution in [-0.4, -0.2) is 24.3 Å². The van der Waals surface area contributed by atoms with Crippen molar-refractivity contribution in [1.82, 2.24) is 4.98 Å². The molecule has 0 saturated heterocycles. The van der Waals surface area contributed by atoms with Gasteiger partial charge in [0, 0.05) is 11.8 Å². The number of benzene rings is 2. The maximum Gasteiger partial charge on any atom is 0.294 e. The summed E-state index contributed by atoms with van der Waals surface area (Å²) in [6, 6.07) is 16.3. The highest BCUT2D eigenvalue weighted by molar-refractivity contribution is 5.40. The van der Waals surface area contributed by atoms with Crippen molar-refractivity contribution in [3.05, 3.63) is 81.8 Å². The van der Waals surface area contributed by atoms with Crippen LogP contribution in [0.3, 0.4) is 0 Å². The van der Waals surface area contributed by atoms with E-state index in [9.17, 15) is 9.90 Å². The topological polar surface area (TPSA) is 90.0 Å². The van der Waals surface area contributed by atoms with E-state index < -0.39 is 5.56 Å².